The predicted molar refractivity (Wildman–Crippen MR) is 106 cm³/mol. The summed E-state index contributed by atoms with van der Waals surface area (Å²) in [7, 11) is -1.94. The van der Waals surface area contributed by atoms with E-state index in [1.807, 2.05) is 6.92 Å². The standard InChI is InChI=1S/C17H20N6O4S2/c1-11-10-12(21-22(11)2)16-19-20-17(27-16)18-15(24)13-6-3-4-8-23(13)29(25,26)14-7-5-9-28-14/h5,7,9-10,13H,3-4,6,8H2,1-2H3,(H,18,20,24). The number of piperidine rings is 1. The highest BCUT2D eigenvalue weighted by Crippen LogP contribution is 2.28. The molecule has 1 unspecified atom stereocenters. The zero-order valence-corrected chi connectivity index (χ0v) is 17.5. The highest BCUT2D eigenvalue weighted by Gasteiger charge is 2.38. The van der Waals surface area contributed by atoms with E-state index in [2.05, 4.69) is 20.6 Å². The minimum atomic E-state index is -3.73. The minimum Gasteiger partial charge on any atom is -0.401 e. The molecule has 1 fully saturated rings. The maximum atomic E-state index is 12.9. The van der Waals surface area contributed by atoms with Gasteiger partial charge in [0.1, 0.15) is 15.9 Å². The van der Waals surface area contributed by atoms with Crippen LogP contribution in [0.1, 0.15) is 25.0 Å². The fourth-order valence-electron chi connectivity index (χ4n) is 3.21. The van der Waals surface area contributed by atoms with Crippen molar-refractivity contribution in [3.63, 3.8) is 0 Å². The third-order valence-electron chi connectivity index (χ3n) is 4.80. The van der Waals surface area contributed by atoms with Crippen LogP contribution in [-0.2, 0) is 21.9 Å². The topological polar surface area (TPSA) is 123 Å². The Morgan fingerprint density at radius 3 is 2.86 bits per heavy atom. The van der Waals surface area contributed by atoms with Gasteiger partial charge in [0.25, 0.3) is 15.9 Å². The van der Waals surface area contributed by atoms with Crippen molar-refractivity contribution in [2.24, 2.45) is 7.05 Å². The van der Waals surface area contributed by atoms with Crippen LogP contribution < -0.4 is 5.32 Å². The number of hydrogen-bond acceptors (Lipinski definition) is 8. The number of aromatic nitrogens is 4. The Balaban J connectivity index is 1.52. The van der Waals surface area contributed by atoms with Gasteiger partial charge < -0.3 is 4.42 Å². The molecule has 10 nitrogen and oxygen atoms in total. The quantitative estimate of drug-likeness (QED) is 0.649. The molecule has 3 aromatic rings. The highest BCUT2D eigenvalue weighted by molar-refractivity contribution is 7.91. The summed E-state index contributed by atoms with van der Waals surface area (Å²) in [5.41, 5.74) is 1.41. The van der Waals surface area contributed by atoms with E-state index < -0.39 is 22.0 Å². The largest absolute Gasteiger partial charge is 0.401 e. The lowest BCUT2D eigenvalue weighted by atomic mass is 10.0. The first-order valence-electron chi connectivity index (χ1n) is 9.07. The van der Waals surface area contributed by atoms with Gasteiger partial charge in [-0.25, -0.2) is 8.42 Å². The third-order valence-corrected chi connectivity index (χ3v) is 8.08. The highest BCUT2D eigenvalue weighted by atomic mass is 32.2. The van der Waals surface area contributed by atoms with E-state index in [1.54, 1.807) is 35.3 Å². The van der Waals surface area contributed by atoms with Gasteiger partial charge in [0.2, 0.25) is 5.91 Å². The molecule has 0 bridgehead atoms. The number of anilines is 1. The number of rotatable bonds is 5. The molecular weight excluding hydrogens is 416 g/mol. The average Bonchev–Trinajstić information content (AvgIpc) is 3.44. The molecule has 12 heteroatoms. The van der Waals surface area contributed by atoms with Crippen molar-refractivity contribution >= 4 is 33.3 Å². The second kappa shape index (κ2) is 7.69. The van der Waals surface area contributed by atoms with Gasteiger partial charge in [-0.2, -0.15) is 9.40 Å². The molecule has 1 saturated heterocycles. The third kappa shape index (κ3) is 3.82. The summed E-state index contributed by atoms with van der Waals surface area (Å²) in [5, 5.41) is 16.3. The van der Waals surface area contributed by atoms with Crippen molar-refractivity contribution < 1.29 is 17.6 Å². The molecule has 0 aliphatic carbocycles. The van der Waals surface area contributed by atoms with Gasteiger partial charge >= 0.3 is 6.01 Å². The van der Waals surface area contributed by atoms with Gasteiger partial charge in [0.05, 0.1) is 0 Å². The fraction of sp³-hybridized carbons (Fsp3) is 0.412. The number of amides is 1. The lowest BCUT2D eigenvalue weighted by Crippen LogP contribution is -2.49. The van der Waals surface area contributed by atoms with E-state index in [4.69, 9.17) is 4.42 Å². The number of sulfonamides is 1. The molecule has 1 amide bonds. The molecule has 0 spiro atoms. The van der Waals surface area contributed by atoms with Crippen molar-refractivity contribution in [3.8, 4) is 11.6 Å². The van der Waals surface area contributed by atoms with Gasteiger partial charge in [0.15, 0.2) is 0 Å². The molecule has 4 rings (SSSR count). The Bertz CT molecular complexity index is 1100. The van der Waals surface area contributed by atoms with E-state index >= 15 is 0 Å². The number of nitrogens with one attached hydrogen (secondary N) is 1. The molecule has 1 N–H and O–H groups in total. The van der Waals surface area contributed by atoms with Crippen molar-refractivity contribution in [2.45, 2.75) is 36.4 Å². The van der Waals surface area contributed by atoms with Crippen LogP contribution in [0.4, 0.5) is 6.01 Å². The second-order valence-electron chi connectivity index (χ2n) is 6.76. The summed E-state index contributed by atoms with van der Waals surface area (Å²) in [6, 6.07) is 4.09. The maximum Gasteiger partial charge on any atom is 0.322 e. The molecule has 0 aromatic carbocycles. The summed E-state index contributed by atoms with van der Waals surface area (Å²) in [4.78, 5) is 12.8. The molecule has 4 heterocycles. The smallest absolute Gasteiger partial charge is 0.322 e. The van der Waals surface area contributed by atoms with Crippen LogP contribution >= 0.6 is 11.3 Å². The first-order valence-corrected chi connectivity index (χ1v) is 11.4. The SMILES string of the molecule is Cc1cc(-c2nnc(NC(=O)C3CCCCN3S(=O)(=O)c3cccs3)o2)nn1C. The molecule has 3 aromatic heterocycles. The molecule has 0 saturated carbocycles. The zero-order chi connectivity index (χ0) is 20.6. The molecule has 0 radical (unpaired) electrons. The molecule has 1 aliphatic heterocycles. The summed E-state index contributed by atoms with van der Waals surface area (Å²) >= 11 is 1.13. The average molecular weight is 437 g/mol. The van der Waals surface area contributed by atoms with Crippen molar-refractivity contribution in [3.05, 3.63) is 29.3 Å². The second-order valence-corrected chi connectivity index (χ2v) is 9.82. The van der Waals surface area contributed by atoms with Crippen LogP contribution in [0.2, 0.25) is 0 Å². The van der Waals surface area contributed by atoms with Gasteiger partial charge in [0, 0.05) is 19.3 Å². The Morgan fingerprint density at radius 1 is 1.34 bits per heavy atom. The van der Waals surface area contributed by atoms with Crippen LogP contribution in [0, 0.1) is 6.92 Å². The normalized spacial score (nSPS) is 18.1. The van der Waals surface area contributed by atoms with Crippen molar-refractivity contribution in [1.29, 1.82) is 0 Å². The number of carbonyl (C=O) groups is 1. The van der Waals surface area contributed by atoms with Crippen LogP contribution in [-0.4, -0.2) is 51.2 Å². The van der Waals surface area contributed by atoms with E-state index in [0.717, 1.165) is 23.5 Å². The Labute approximate surface area is 171 Å². The van der Waals surface area contributed by atoms with E-state index in [0.29, 0.717) is 25.1 Å². The van der Waals surface area contributed by atoms with E-state index in [-0.39, 0.29) is 16.1 Å². The molecule has 1 atom stereocenters. The Morgan fingerprint density at radius 2 is 2.17 bits per heavy atom. The van der Waals surface area contributed by atoms with Crippen LogP contribution in [0.15, 0.2) is 32.2 Å². The molecule has 1 aliphatic rings. The maximum absolute atomic E-state index is 12.9. The monoisotopic (exact) mass is 436 g/mol. The van der Waals surface area contributed by atoms with Crippen LogP contribution in [0.5, 0.6) is 0 Å². The summed E-state index contributed by atoms with van der Waals surface area (Å²) in [6.07, 6.45) is 1.89. The summed E-state index contributed by atoms with van der Waals surface area (Å²) in [6.45, 7) is 2.18. The minimum absolute atomic E-state index is 0.0904. The van der Waals surface area contributed by atoms with Gasteiger partial charge in [-0.05, 0) is 37.3 Å². The predicted octanol–water partition coefficient (Wildman–Crippen LogP) is 2.02. The Kier molecular flexibility index (Phi) is 5.23. The molecule has 29 heavy (non-hydrogen) atoms. The lowest BCUT2D eigenvalue weighted by molar-refractivity contribution is -0.120. The van der Waals surface area contributed by atoms with E-state index in [9.17, 15) is 13.2 Å². The van der Waals surface area contributed by atoms with Crippen molar-refractivity contribution in [2.75, 3.05) is 11.9 Å². The number of hydrogen-bond donors (Lipinski definition) is 1. The number of carbonyl (C=O) groups excluding carboxylic acids is 1. The van der Waals surface area contributed by atoms with Crippen molar-refractivity contribution in [1.82, 2.24) is 24.3 Å². The zero-order valence-electron chi connectivity index (χ0n) is 15.9. The number of nitrogens with zero attached hydrogens (tertiary/aromatic N) is 5. The first kappa shape index (κ1) is 19.7. The lowest BCUT2D eigenvalue weighted by Gasteiger charge is -2.32. The number of thiophene rings is 1. The number of aryl methyl sites for hydroxylation is 2. The molecular formula is C17H20N6O4S2. The van der Waals surface area contributed by atoms with Gasteiger partial charge in [-0.3, -0.25) is 14.8 Å². The van der Waals surface area contributed by atoms with Crippen LogP contribution in [0.25, 0.3) is 11.6 Å². The van der Waals surface area contributed by atoms with E-state index in [1.165, 1.54) is 4.31 Å². The van der Waals surface area contributed by atoms with Crippen LogP contribution in [0.3, 0.4) is 0 Å². The van der Waals surface area contributed by atoms with Gasteiger partial charge in [-0.1, -0.05) is 17.6 Å². The molecule has 154 valence electrons. The first-order chi connectivity index (χ1) is 13.9. The Hall–Kier alpha value is -2.57. The fourth-order valence-corrected chi connectivity index (χ4v) is 5.99. The van der Waals surface area contributed by atoms with Gasteiger partial charge in [-0.15, -0.1) is 16.4 Å². The summed E-state index contributed by atoms with van der Waals surface area (Å²) < 4.78 is 34.5. The summed E-state index contributed by atoms with van der Waals surface area (Å²) in [5.74, 6) is -0.312.